The van der Waals surface area contributed by atoms with Crippen LogP contribution in [0.2, 0.25) is 0 Å². The van der Waals surface area contributed by atoms with Crippen LogP contribution in [0.5, 0.6) is 0 Å². The van der Waals surface area contributed by atoms with Crippen molar-refractivity contribution < 1.29 is 9.53 Å². The van der Waals surface area contributed by atoms with Crippen LogP contribution in [-0.2, 0) is 17.6 Å². The van der Waals surface area contributed by atoms with E-state index in [9.17, 15) is 4.79 Å². The summed E-state index contributed by atoms with van der Waals surface area (Å²) in [7, 11) is 0. The second-order valence-electron chi connectivity index (χ2n) is 5.78. The van der Waals surface area contributed by atoms with Crippen molar-refractivity contribution >= 4 is 17.0 Å². The molecule has 22 heavy (non-hydrogen) atoms. The average molecular weight is 298 g/mol. The van der Waals surface area contributed by atoms with Crippen LogP contribution in [-0.4, -0.2) is 35.7 Å². The molecule has 4 heteroatoms. The van der Waals surface area contributed by atoms with Crippen LogP contribution in [0.1, 0.15) is 30.2 Å². The number of amides is 1. The topological polar surface area (TPSA) is 42.4 Å². The number of aryl methyl sites for hydroxylation is 1. The van der Waals surface area contributed by atoms with Crippen LogP contribution in [0.25, 0.3) is 10.9 Å². The number of carbonyl (C=O) groups excluding carboxylic acids is 1. The van der Waals surface area contributed by atoms with Crippen molar-refractivity contribution in [3.63, 3.8) is 0 Å². The number of benzene rings is 1. The SMILES string of the molecule is CCCOC(=O)N1CCc2nc3ccccc3c(C)c2CC1. The predicted octanol–water partition coefficient (Wildman–Crippen LogP) is 3.49. The lowest BCUT2D eigenvalue weighted by Crippen LogP contribution is -2.34. The Bertz CT molecular complexity index is 697. The number of hydrogen-bond donors (Lipinski definition) is 0. The molecule has 0 aliphatic carbocycles. The Morgan fingerprint density at radius 1 is 1.27 bits per heavy atom. The number of ether oxygens (including phenoxy) is 1. The number of fused-ring (bicyclic) bond motifs is 2. The molecule has 1 aliphatic heterocycles. The summed E-state index contributed by atoms with van der Waals surface area (Å²) in [6.45, 7) is 6.04. The molecule has 1 aliphatic rings. The van der Waals surface area contributed by atoms with E-state index in [0.717, 1.165) is 30.5 Å². The van der Waals surface area contributed by atoms with Gasteiger partial charge >= 0.3 is 6.09 Å². The van der Waals surface area contributed by atoms with Crippen LogP contribution in [0.3, 0.4) is 0 Å². The molecule has 116 valence electrons. The quantitative estimate of drug-likeness (QED) is 0.852. The molecule has 0 N–H and O–H groups in total. The molecule has 2 heterocycles. The van der Waals surface area contributed by atoms with Crippen molar-refractivity contribution in [1.29, 1.82) is 0 Å². The zero-order chi connectivity index (χ0) is 15.5. The van der Waals surface area contributed by atoms with Gasteiger partial charge in [-0.05, 0) is 37.0 Å². The van der Waals surface area contributed by atoms with E-state index >= 15 is 0 Å². The van der Waals surface area contributed by atoms with Gasteiger partial charge in [0.15, 0.2) is 0 Å². The van der Waals surface area contributed by atoms with Crippen molar-refractivity contribution in [2.45, 2.75) is 33.1 Å². The number of nitrogens with zero attached hydrogens (tertiary/aromatic N) is 2. The van der Waals surface area contributed by atoms with Gasteiger partial charge in [-0.15, -0.1) is 0 Å². The minimum absolute atomic E-state index is 0.197. The number of para-hydroxylation sites is 1. The molecule has 0 radical (unpaired) electrons. The first-order chi connectivity index (χ1) is 10.7. The molecule has 1 amide bonds. The maximum atomic E-state index is 12.1. The zero-order valence-corrected chi connectivity index (χ0v) is 13.3. The third-order valence-corrected chi connectivity index (χ3v) is 4.30. The number of hydrogen-bond acceptors (Lipinski definition) is 3. The average Bonchev–Trinajstić information content (AvgIpc) is 2.76. The van der Waals surface area contributed by atoms with E-state index in [1.54, 1.807) is 4.90 Å². The highest BCUT2D eigenvalue weighted by atomic mass is 16.6. The zero-order valence-electron chi connectivity index (χ0n) is 13.3. The third kappa shape index (κ3) is 2.78. The highest BCUT2D eigenvalue weighted by Gasteiger charge is 2.22. The highest BCUT2D eigenvalue weighted by molar-refractivity contribution is 5.83. The first-order valence-electron chi connectivity index (χ1n) is 7.99. The van der Waals surface area contributed by atoms with E-state index in [1.807, 2.05) is 13.0 Å². The normalized spacial score (nSPS) is 14.5. The standard InChI is InChI=1S/C18H22N2O2/c1-3-12-22-18(21)20-10-8-15-13(2)14-6-4-5-7-16(14)19-17(15)9-11-20/h4-7H,3,8-12H2,1-2H3. The molecule has 0 unspecified atom stereocenters. The summed E-state index contributed by atoms with van der Waals surface area (Å²) in [6, 6.07) is 8.25. The van der Waals surface area contributed by atoms with Gasteiger partial charge in [0.2, 0.25) is 0 Å². The van der Waals surface area contributed by atoms with E-state index in [2.05, 4.69) is 25.1 Å². The predicted molar refractivity (Wildman–Crippen MR) is 87.1 cm³/mol. The lowest BCUT2D eigenvalue weighted by Gasteiger charge is -2.19. The Labute approximate surface area is 131 Å². The Morgan fingerprint density at radius 2 is 2.05 bits per heavy atom. The molecule has 3 rings (SSSR count). The summed E-state index contributed by atoms with van der Waals surface area (Å²) in [5, 5.41) is 1.21. The Hall–Kier alpha value is -2.10. The Kier molecular flexibility index (Phi) is 4.27. The molecule has 0 atom stereocenters. The third-order valence-electron chi connectivity index (χ3n) is 4.30. The largest absolute Gasteiger partial charge is 0.449 e. The van der Waals surface area contributed by atoms with Crippen LogP contribution in [0, 0.1) is 6.92 Å². The molecule has 2 aromatic rings. The van der Waals surface area contributed by atoms with Gasteiger partial charge in [-0.25, -0.2) is 4.79 Å². The van der Waals surface area contributed by atoms with Crippen molar-refractivity contribution in [3.8, 4) is 0 Å². The molecule has 0 spiro atoms. The fraction of sp³-hybridized carbons (Fsp3) is 0.444. The molecule has 0 saturated carbocycles. The lowest BCUT2D eigenvalue weighted by molar-refractivity contribution is 0.104. The first kappa shape index (κ1) is 14.8. The van der Waals surface area contributed by atoms with Gasteiger partial charge in [0.25, 0.3) is 0 Å². The molecule has 1 aromatic carbocycles. The number of carbonyl (C=O) groups is 1. The maximum Gasteiger partial charge on any atom is 0.409 e. The van der Waals surface area contributed by atoms with Crippen molar-refractivity contribution in [3.05, 3.63) is 41.1 Å². The van der Waals surface area contributed by atoms with Gasteiger partial charge < -0.3 is 9.64 Å². The highest BCUT2D eigenvalue weighted by Crippen LogP contribution is 2.25. The monoisotopic (exact) mass is 298 g/mol. The molecule has 0 bridgehead atoms. The summed E-state index contributed by atoms with van der Waals surface area (Å²) in [4.78, 5) is 18.7. The first-order valence-corrected chi connectivity index (χ1v) is 7.99. The smallest absolute Gasteiger partial charge is 0.409 e. The minimum atomic E-state index is -0.197. The van der Waals surface area contributed by atoms with E-state index in [-0.39, 0.29) is 6.09 Å². The van der Waals surface area contributed by atoms with E-state index in [0.29, 0.717) is 19.7 Å². The molecule has 1 aromatic heterocycles. The summed E-state index contributed by atoms with van der Waals surface area (Å²) in [6.07, 6.45) is 2.30. The van der Waals surface area contributed by atoms with Gasteiger partial charge in [0.05, 0.1) is 12.1 Å². The number of aromatic nitrogens is 1. The fourth-order valence-corrected chi connectivity index (χ4v) is 3.08. The molecule has 0 fully saturated rings. The second-order valence-corrected chi connectivity index (χ2v) is 5.78. The summed E-state index contributed by atoms with van der Waals surface area (Å²) in [5.74, 6) is 0. The van der Waals surface area contributed by atoms with Gasteiger partial charge in [0, 0.05) is 30.6 Å². The number of rotatable bonds is 2. The maximum absolute atomic E-state index is 12.1. The lowest BCUT2D eigenvalue weighted by atomic mass is 9.99. The summed E-state index contributed by atoms with van der Waals surface area (Å²) >= 11 is 0. The summed E-state index contributed by atoms with van der Waals surface area (Å²) < 4.78 is 5.26. The fourth-order valence-electron chi connectivity index (χ4n) is 3.08. The van der Waals surface area contributed by atoms with E-state index in [4.69, 9.17) is 9.72 Å². The molecular weight excluding hydrogens is 276 g/mol. The second kappa shape index (κ2) is 6.34. The van der Waals surface area contributed by atoms with Crippen molar-refractivity contribution in [1.82, 2.24) is 9.88 Å². The van der Waals surface area contributed by atoms with Crippen molar-refractivity contribution in [2.75, 3.05) is 19.7 Å². The van der Waals surface area contributed by atoms with Gasteiger partial charge in [-0.2, -0.15) is 0 Å². The van der Waals surface area contributed by atoms with Crippen LogP contribution in [0.4, 0.5) is 4.79 Å². The van der Waals surface area contributed by atoms with E-state index < -0.39 is 0 Å². The molecular formula is C18H22N2O2. The van der Waals surface area contributed by atoms with Gasteiger partial charge in [0.1, 0.15) is 0 Å². The summed E-state index contributed by atoms with van der Waals surface area (Å²) in [5.41, 5.74) is 4.76. The van der Waals surface area contributed by atoms with E-state index in [1.165, 1.54) is 16.5 Å². The van der Waals surface area contributed by atoms with Gasteiger partial charge in [-0.1, -0.05) is 25.1 Å². The Balaban J connectivity index is 1.86. The Morgan fingerprint density at radius 3 is 2.86 bits per heavy atom. The van der Waals surface area contributed by atoms with Crippen LogP contribution < -0.4 is 0 Å². The number of pyridine rings is 1. The molecule has 0 saturated heterocycles. The van der Waals surface area contributed by atoms with Crippen LogP contribution in [0.15, 0.2) is 24.3 Å². The minimum Gasteiger partial charge on any atom is -0.449 e. The van der Waals surface area contributed by atoms with Crippen molar-refractivity contribution in [2.24, 2.45) is 0 Å². The molecule has 4 nitrogen and oxygen atoms in total. The van der Waals surface area contributed by atoms with Crippen LogP contribution >= 0.6 is 0 Å². The van der Waals surface area contributed by atoms with Gasteiger partial charge in [-0.3, -0.25) is 4.98 Å².